The number of carbonyl (C=O) groups is 2. The molecule has 0 aliphatic heterocycles. The van der Waals surface area contributed by atoms with Crippen molar-refractivity contribution in [2.24, 2.45) is 11.8 Å². The molecule has 1 heterocycles. The summed E-state index contributed by atoms with van der Waals surface area (Å²) in [7, 11) is 0. The molecule has 1 aliphatic rings. The topological polar surface area (TPSA) is 79.3 Å². The summed E-state index contributed by atoms with van der Waals surface area (Å²) in [6.07, 6.45) is -2.28. The van der Waals surface area contributed by atoms with Crippen molar-refractivity contribution < 1.29 is 32.3 Å². The zero-order valence-electron chi connectivity index (χ0n) is 18.9. The van der Waals surface area contributed by atoms with E-state index < -0.39 is 40.0 Å². The van der Waals surface area contributed by atoms with Gasteiger partial charge in [-0.2, -0.15) is 13.2 Å². The van der Waals surface area contributed by atoms with Gasteiger partial charge in [-0.25, -0.2) is 9.18 Å². The van der Waals surface area contributed by atoms with Crippen LogP contribution in [0.2, 0.25) is 5.02 Å². The summed E-state index contributed by atoms with van der Waals surface area (Å²) >= 11 is 5.74. The molecule has 0 radical (unpaired) electrons. The molecule has 0 saturated heterocycles. The first-order chi connectivity index (χ1) is 17.0. The van der Waals surface area contributed by atoms with Gasteiger partial charge in [-0.3, -0.25) is 9.78 Å². The average Bonchev–Trinajstić information content (AvgIpc) is 3.53. The summed E-state index contributed by atoms with van der Waals surface area (Å²) in [6.45, 7) is 2.06. The highest BCUT2D eigenvalue weighted by Gasteiger charge is 2.38. The fourth-order valence-corrected chi connectivity index (χ4v) is 4.30. The van der Waals surface area contributed by atoms with Crippen LogP contribution in [0.5, 0.6) is 0 Å². The maximum absolute atomic E-state index is 14.6. The summed E-state index contributed by atoms with van der Waals surface area (Å²) in [5.74, 6) is -2.67. The van der Waals surface area contributed by atoms with Crippen LogP contribution in [0.1, 0.15) is 47.3 Å². The molecule has 188 valence electrons. The number of aromatic nitrogens is 1. The molecule has 1 saturated carbocycles. The van der Waals surface area contributed by atoms with Crippen LogP contribution < -0.4 is 5.32 Å². The zero-order chi connectivity index (χ0) is 26.2. The molecule has 5 nitrogen and oxygen atoms in total. The number of hydrogen-bond donors (Lipinski definition) is 2. The summed E-state index contributed by atoms with van der Waals surface area (Å²) in [5, 5.41) is 11.3. The maximum Gasteiger partial charge on any atom is 0.417 e. The average molecular weight is 521 g/mol. The van der Waals surface area contributed by atoms with Crippen LogP contribution in [0.4, 0.5) is 23.2 Å². The lowest BCUT2D eigenvalue weighted by atomic mass is 9.94. The highest BCUT2D eigenvalue weighted by molar-refractivity contribution is 6.31. The first-order valence-corrected chi connectivity index (χ1v) is 11.5. The number of nitrogens with one attached hydrogen (secondary N) is 1. The third-order valence-electron chi connectivity index (χ3n) is 6.36. The largest absolute Gasteiger partial charge is 0.478 e. The molecular formula is C26H21ClF4N2O3. The monoisotopic (exact) mass is 520 g/mol. The number of carboxylic acid groups (broad SMARTS) is 1. The number of rotatable bonds is 7. The summed E-state index contributed by atoms with van der Waals surface area (Å²) in [6, 6.07) is 9.94. The van der Waals surface area contributed by atoms with Gasteiger partial charge in [0.05, 0.1) is 27.8 Å². The highest BCUT2D eigenvalue weighted by atomic mass is 35.5. The number of benzene rings is 2. The van der Waals surface area contributed by atoms with E-state index in [0.29, 0.717) is 29.6 Å². The Morgan fingerprint density at radius 1 is 1.14 bits per heavy atom. The summed E-state index contributed by atoms with van der Waals surface area (Å²) in [4.78, 5) is 28.4. The van der Waals surface area contributed by atoms with Crippen LogP contribution >= 0.6 is 11.6 Å². The highest BCUT2D eigenvalue weighted by Crippen LogP contribution is 2.45. The lowest BCUT2D eigenvalue weighted by Crippen LogP contribution is -2.23. The van der Waals surface area contributed by atoms with E-state index in [9.17, 15) is 27.2 Å². The van der Waals surface area contributed by atoms with Crippen LogP contribution in [0.25, 0.3) is 11.1 Å². The van der Waals surface area contributed by atoms with Crippen LogP contribution in [-0.4, -0.2) is 22.0 Å². The van der Waals surface area contributed by atoms with Crippen molar-refractivity contribution in [3.63, 3.8) is 0 Å². The number of pyridine rings is 1. The number of hydrogen-bond acceptors (Lipinski definition) is 3. The molecule has 36 heavy (non-hydrogen) atoms. The minimum Gasteiger partial charge on any atom is -0.478 e. The Balaban J connectivity index is 1.63. The second kappa shape index (κ2) is 9.89. The van der Waals surface area contributed by atoms with E-state index in [0.717, 1.165) is 24.8 Å². The maximum atomic E-state index is 14.6. The number of carboxylic acids is 1. The van der Waals surface area contributed by atoms with Crippen molar-refractivity contribution in [1.82, 2.24) is 4.98 Å². The Hall–Kier alpha value is -3.46. The number of aromatic carboxylic acids is 1. The van der Waals surface area contributed by atoms with Crippen molar-refractivity contribution in [3.05, 3.63) is 82.4 Å². The van der Waals surface area contributed by atoms with Gasteiger partial charge in [0.15, 0.2) is 0 Å². The predicted octanol–water partition coefficient (Wildman–Crippen LogP) is 7.03. The van der Waals surface area contributed by atoms with Crippen LogP contribution in [0.15, 0.2) is 54.7 Å². The third kappa shape index (κ3) is 5.51. The van der Waals surface area contributed by atoms with Crippen molar-refractivity contribution in [2.45, 2.75) is 31.9 Å². The number of carbonyl (C=O) groups excluding carboxylic acids is 1. The first kappa shape index (κ1) is 25.6. The van der Waals surface area contributed by atoms with Crippen LogP contribution in [0.3, 0.4) is 0 Å². The van der Waals surface area contributed by atoms with Crippen molar-refractivity contribution >= 4 is 29.2 Å². The first-order valence-electron chi connectivity index (χ1n) is 11.1. The fourth-order valence-electron chi connectivity index (χ4n) is 4.15. The van der Waals surface area contributed by atoms with Gasteiger partial charge in [-0.1, -0.05) is 24.6 Å². The van der Waals surface area contributed by atoms with Gasteiger partial charge in [-0.05, 0) is 67.1 Å². The third-order valence-corrected chi connectivity index (χ3v) is 6.65. The predicted molar refractivity (Wildman–Crippen MR) is 126 cm³/mol. The molecule has 10 heteroatoms. The lowest BCUT2D eigenvalue weighted by molar-refractivity contribution is -0.137. The van der Waals surface area contributed by atoms with Crippen molar-refractivity contribution in [2.75, 3.05) is 5.32 Å². The standard InChI is InChI=1S/C26H21ClF4N2O3/c1-13-10-16(13)11-18(24(34)33-17-5-2-14(3-6-17)25(35)36)21-9-4-15(12-32-21)22-19(26(29,30)31)7-8-20(27)23(22)28/h2-9,12-13,16,18H,10-11H2,1H3,(H,33,34)(H,35,36)/t13?,16?,18-/m1/s1. The van der Waals surface area contributed by atoms with E-state index in [1.54, 1.807) is 0 Å². The number of anilines is 1. The van der Waals surface area contributed by atoms with Crippen LogP contribution in [-0.2, 0) is 11.0 Å². The van der Waals surface area contributed by atoms with E-state index >= 15 is 0 Å². The number of alkyl halides is 3. The molecule has 2 aromatic carbocycles. The minimum atomic E-state index is -4.81. The number of halogens is 5. The van der Waals surface area contributed by atoms with Gasteiger partial charge in [0.2, 0.25) is 5.91 Å². The Morgan fingerprint density at radius 3 is 2.33 bits per heavy atom. The second-order valence-electron chi connectivity index (χ2n) is 8.89. The Labute approximate surface area is 209 Å². The Bertz CT molecular complexity index is 1290. The molecule has 4 rings (SSSR count). The molecule has 1 fully saturated rings. The van der Waals surface area contributed by atoms with Crippen molar-refractivity contribution in [3.8, 4) is 11.1 Å². The Morgan fingerprint density at radius 2 is 1.81 bits per heavy atom. The summed E-state index contributed by atoms with van der Waals surface area (Å²) in [5.41, 5.74) is -1.21. The Kier molecular flexibility index (Phi) is 7.04. The molecule has 1 aromatic heterocycles. The van der Waals surface area contributed by atoms with Gasteiger partial charge in [-0.15, -0.1) is 0 Å². The number of amides is 1. The molecule has 2 N–H and O–H groups in total. The van der Waals surface area contributed by atoms with Crippen molar-refractivity contribution in [1.29, 1.82) is 0 Å². The SMILES string of the molecule is CC1CC1C[C@@H](C(=O)Nc1ccc(C(=O)O)cc1)c1ccc(-c2c(C(F)(F)F)ccc(Cl)c2F)cn1. The van der Waals surface area contributed by atoms with Gasteiger partial charge in [0, 0.05) is 23.0 Å². The van der Waals surface area contributed by atoms with Crippen LogP contribution in [0, 0.1) is 17.7 Å². The quantitative estimate of drug-likeness (QED) is 0.328. The molecular weight excluding hydrogens is 500 g/mol. The van der Waals surface area contributed by atoms with E-state index in [1.807, 2.05) is 0 Å². The van der Waals surface area contributed by atoms with E-state index in [4.69, 9.17) is 16.7 Å². The molecule has 0 bridgehead atoms. The molecule has 3 aromatic rings. The molecule has 0 spiro atoms. The minimum absolute atomic E-state index is 0.0695. The second-order valence-corrected chi connectivity index (χ2v) is 9.29. The molecule has 2 unspecified atom stereocenters. The lowest BCUT2D eigenvalue weighted by Gasteiger charge is -2.18. The van der Waals surface area contributed by atoms with E-state index in [-0.39, 0.29) is 17.0 Å². The fraction of sp³-hybridized carbons (Fsp3) is 0.269. The number of nitrogens with zero attached hydrogens (tertiary/aromatic N) is 1. The summed E-state index contributed by atoms with van der Waals surface area (Å²) < 4.78 is 55.2. The zero-order valence-corrected chi connectivity index (χ0v) is 19.7. The van der Waals surface area contributed by atoms with Gasteiger partial charge in [0.25, 0.3) is 0 Å². The van der Waals surface area contributed by atoms with Gasteiger partial charge >= 0.3 is 12.1 Å². The van der Waals surface area contributed by atoms with E-state index in [2.05, 4.69) is 17.2 Å². The normalized spacial score (nSPS) is 17.9. The van der Waals surface area contributed by atoms with E-state index in [1.165, 1.54) is 36.4 Å². The molecule has 3 atom stereocenters. The smallest absolute Gasteiger partial charge is 0.417 e. The molecule has 1 aliphatic carbocycles. The van der Waals surface area contributed by atoms with Gasteiger partial charge in [0.1, 0.15) is 5.82 Å². The van der Waals surface area contributed by atoms with Gasteiger partial charge < -0.3 is 10.4 Å². The molecule has 1 amide bonds.